The largest absolute Gasteiger partial charge is 0.336 e. The van der Waals surface area contributed by atoms with Crippen molar-refractivity contribution in [3.05, 3.63) is 34.1 Å². The maximum absolute atomic E-state index is 13.8. The fraction of sp³-hybridized carbons (Fsp3) is 0.500. The maximum atomic E-state index is 13.8. The number of halogens is 2. The summed E-state index contributed by atoms with van der Waals surface area (Å²) in [5, 5.41) is 0. The highest BCUT2D eigenvalue weighted by Gasteiger charge is 2.27. The molecule has 1 fully saturated rings. The van der Waals surface area contributed by atoms with Gasteiger partial charge in [0.1, 0.15) is 5.82 Å². The lowest BCUT2D eigenvalue weighted by molar-refractivity contribution is 0.0603. The molecule has 1 aromatic rings. The Morgan fingerprint density at radius 2 is 2.28 bits per heavy atom. The first-order chi connectivity index (χ1) is 8.63. The van der Waals surface area contributed by atoms with E-state index in [4.69, 9.17) is 0 Å². The Kier molecular flexibility index (Phi) is 4.38. The molecular formula is C14H17BrFNO. The van der Waals surface area contributed by atoms with Crippen LogP contribution in [0.3, 0.4) is 0 Å². The summed E-state index contributed by atoms with van der Waals surface area (Å²) in [6.07, 6.45) is 4.13. The van der Waals surface area contributed by atoms with Gasteiger partial charge in [0.25, 0.3) is 5.91 Å². The molecule has 0 N–H and O–H groups in total. The molecule has 1 saturated heterocycles. The first-order valence-electron chi connectivity index (χ1n) is 6.39. The highest BCUT2D eigenvalue weighted by Crippen LogP contribution is 2.23. The first-order valence-corrected chi connectivity index (χ1v) is 7.18. The minimum absolute atomic E-state index is 0.174. The molecule has 1 amide bonds. The van der Waals surface area contributed by atoms with Crippen LogP contribution in [-0.4, -0.2) is 23.4 Å². The van der Waals surface area contributed by atoms with E-state index in [-0.39, 0.29) is 17.5 Å². The molecule has 18 heavy (non-hydrogen) atoms. The molecular weight excluding hydrogens is 297 g/mol. The van der Waals surface area contributed by atoms with Crippen LogP contribution in [0.15, 0.2) is 22.7 Å². The Hall–Kier alpha value is -0.900. The van der Waals surface area contributed by atoms with Crippen LogP contribution < -0.4 is 0 Å². The monoisotopic (exact) mass is 313 g/mol. The van der Waals surface area contributed by atoms with E-state index in [0.717, 1.165) is 32.2 Å². The van der Waals surface area contributed by atoms with Crippen LogP contribution in [0.1, 0.15) is 43.0 Å². The molecule has 0 aliphatic carbocycles. The molecule has 0 saturated carbocycles. The van der Waals surface area contributed by atoms with Gasteiger partial charge >= 0.3 is 0 Å². The van der Waals surface area contributed by atoms with Gasteiger partial charge in [-0.3, -0.25) is 4.79 Å². The molecule has 1 aromatic carbocycles. The summed E-state index contributed by atoms with van der Waals surface area (Å²) >= 11 is 3.20. The number of benzene rings is 1. The summed E-state index contributed by atoms with van der Waals surface area (Å²) < 4.78 is 14.5. The van der Waals surface area contributed by atoms with Crippen molar-refractivity contribution in [3.63, 3.8) is 0 Å². The van der Waals surface area contributed by atoms with Gasteiger partial charge in [0.05, 0.1) is 5.56 Å². The Balaban J connectivity index is 2.24. The second kappa shape index (κ2) is 5.83. The number of nitrogens with zero attached hydrogens (tertiary/aromatic N) is 1. The summed E-state index contributed by atoms with van der Waals surface area (Å²) in [6.45, 7) is 2.82. The van der Waals surface area contributed by atoms with E-state index >= 15 is 0 Å². The van der Waals surface area contributed by atoms with Crippen molar-refractivity contribution in [2.24, 2.45) is 0 Å². The van der Waals surface area contributed by atoms with E-state index in [1.165, 1.54) is 6.07 Å². The summed E-state index contributed by atoms with van der Waals surface area (Å²) in [5.74, 6) is -0.624. The van der Waals surface area contributed by atoms with Gasteiger partial charge in [-0.2, -0.15) is 0 Å². The second-order valence-corrected chi connectivity index (χ2v) is 5.60. The van der Waals surface area contributed by atoms with E-state index < -0.39 is 5.82 Å². The number of carbonyl (C=O) groups is 1. The smallest absolute Gasteiger partial charge is 0.257 e. The van der Waals surface area contributed by atoms with E-state index in [9.17, 15) is 9.18 Å². The number of piperidine rings is 1. The molecule has 0 radical (unpaired) electrons. The van der Waals surface area contributed by atoms with Gasteiger partial charge in [-0.05, 0) is 43.9 Å². The Morgan fingerprint density at radius 3 is 2.94 bits per heavy atom. The molecule has 98 valence electrons. The molecule has 1 aliphatic rings. The van der Waals surface area contributed by atoms with Gasteiger partial charge < -0.3 is 4.90 Å². The highest BCUT2D eigenvalue weighted by atomic mass is 79.9. The van der Waals surface area contributed by atoms with Gasteiger partial charge in [0.2, 0.25) is 0 Å². The van der Waals surface area contributed by atoms with Crippen LogP contribution in [-0.2, 0) is 0 Å². The minimum atomic E-state index is -0.449. The van der Waals surface area contributed by atoms with Crippen LogP contribution in [0.4, 0.5) is 4.39 Å². The molecule has 0 aromatic heterocycles. The number of carbonyl (C=O) groups excluding carboxylic acids is 1. The standard InChI is InChI=1S/C14H17BrFNO/c1-2-11-5-3-4-8-17(11)14(18)12-7-6-10(15)9-13(12)16/h6-7,9,11H,2-5,8H2,1H3. The third kappa shape index (κ3) is 2.74. The van der Waals surface area contributed by atoms with Crippen LogP contribution in [0.25, 0.3) is 0 Å². The molecule has 4 heteroatoms. The Labute approximate surface area is 115 Å². The molecule has 2 rings (SSSR count). The van der Waals surface area contributed by atoms with Gasteiger partial charge in [0, 0.05) is 17.1 Å². The number of rotatable bonds is 2. The van der Waals surface area contributed by atoms with Crippen molar-refractivity contribution in [2.45, 2.75) is 38.6 Å². The number of likely N-dealkylation sites (tertiary alicyclic amines) is 1. The van der Waals surface area contributed by atoms with Crippen molar-refractivity contribution in [1.29, 1.82) is 0 Å². The fourth-order valence-electron chi connectivity index (χ4n) is 2.51. The summed E-state index contributed by atoms with van der Waals surface area (Å²) in [7, 11) is 0. The number of amides is 1. The summed E-state index contributed by atoms with van der Waals surface area (Å²) in [5.41, 5.74) is 0.179. The van der Waals surface area contributed by atoms with Gasteiger partial charge in [0.15, 0.2) is 0 Å². The lowest BCUT2D eigenvalue weighted by Gasteiger charge is -2.35. The SMILES string of the molecule is CCC1CCCCN1C(=O)c1ccc(Br)cc1F. The topological polar surface area (TPSA) is 20.3 Å². The number of hydrogen-bond donors (Lipinski definition) is 0. The molecule has 0 bridgehead atoms. The average Bonchev–Trinajstić information content (AvgIpc) is 2.38. The number of hydrogen-bond acceptors (Lipinski definition) is 1. The predicted octanol–water partition coefficient (Wildman–Crippen LogP) is 3.99. The lowest BCUT2D eigenvalue weighted by atomic mass is 9.99. The molecule has 1 atom stereocenters. The van der Waals surface area contributed by atoms with Crippen molar-refractivity contribution in [3.8, 4) is 0 Å². The highest BCUT2D eigenvalue weighted by molar-refractivity contribution is 9.10. The third-order valence-electron chi connectivity index (χ3n) is 3.52. The summed E-state index contributed by atoms with van der Waals surface area (Å²) in [6, 6.07) is 4.87. The zero-order valence-electron chi connectivity index (χ0n) is 10.5. The molecule has 0 spiro atoms. The molecule has 1 unspecified atom stereocenters. The van der Waals surface area contributed by atoms with E-state index in [1.807, 2.05) is 4.90 Å². The van der Waals surface area contributed by atoms with E-state index in [2.05, 4.69) is 22.9 Å². The second-order valence-electron chi connectivity index (χ2n) is 4.68. The van der Waals surface area contributed by atoms with Crippen molar-refractivity contribution in [2.75, 3.05) is 6.54 Å². The normalized spacial score (nSPS) is 19.9. The Morgan fingerprint density at radius 1 is 1.50 bits per heavy atom. The molecule has 2 nitrogen and oxygen atoms in total. The molecule has 1 heterocycles. The fourth-order valence-corrected chi connectivity index (χ4v) is 2.84. The predicted molar refractivity (Wildman–Crippen MR) is 73.1 cm³/mol. The van der Waals surface area contributed by atoms with Gasteiger partial charge in [-0.15, -0.1) is 0 Å². The maximum Gasteiger partial charge on any atom is 0.257 e. The average molecular weight is 314 g/mol. The Bertz CT molecular complexity index is 449. The van der Waals surface area contributed by atoms with Crippen LogP contribution in [0.2, 0.25) is 0 Å². The van der Waals surface area contributed by atoms with E-state index in [0.29, 0.717) is 4.47 Å². The zero-order valence-corrected chi connectivity index (χ0v) is 12.0. The van der Waals surface area contributed by atoms with Crippen LogP contribution >= 0.6 is 15.9 Å². The van der Waals surface area contributed by atoms with Crippen LogP contribution in [0, 0.1) is 5.82 Å². The van der Waals surface area contributed by atoms with Crippen molar-refractivity contribution in [1.82, 2.24) is 4.90 Å². The van der Waals surface area contributed by atoms with Gasteiger partial charge in [-0.1, -0.05) is 22.9 Å². The molecule has 1 aliphatic heterocycles. The third-order valence-corrected chi connectivity index (χ3v) is 4.01. The van der Waals surface area contributed by atoms with Crippen molar-refractivity contribution >= 4 is 21.8 Å². The van der Waals surface area contributed by atoms with E-state index in [1.54, 1.807) is 12.1 Å². The minimum Gasteiger partial charge on any atom is -0.336 e. The lowest BCUT2D eigenvalue weighted by Crippen LogP contribution is -2.43. The quantitative estimate of drug-likeness (QED) is 0.808. The summed E-state index contributed by atoms with van der Waals surface area (Å²) in [4.78, 5) is 14.2. The van der Waals surface area contributed by atoms with Gasteiger partial charge in [-0.25, -0.2) is 4.39 Å². The zero-order chi connectivity index (χ0) is 13.1. The first kappa shape index (κ1) is 13.5. The van der Waals surface area contributed by atoms with Crippen molar-refractivity contribution < 1.29 is 9.18 Å². The van der Waals surface area contributed by atoms with Crippen LogP contribution in [0.5, 0.6) is 0 Å².